The predicted octanol–water partition coefficient (Wildman–Crippen LogP) is 4.23. The van der Waals surface area contributed by atoms with Gasteiger partial charge in [0.05, 0.1) is 31.3 Å². The molecule has 1 aliphatic carbocycles. The molecule has 1 aliphatic rings. The Hall–Kier alpha value is -3.93. The maximum absolute atomic E-state index is 13.8. The molecular weight excluding hydrogens is 444 g/mol. The van der Waals surface area contributed by atoms with Crippen molar-refractivity contribution in [2.45, 2.75) is 51.6 Å². The Morgan fingerprint density at radius 1 is 1.17 bits per heavy atom. The number of benzene rings is 2. The summed E-state index contributed by atoms with van der Waals surface area (Å²) in [6.45, 7) is 2.91. The minimum atomic E-state index is -0.0107. The SMILES string of the molecule is CCOc1ccc2c(c1)n(C1CCCCC1)c(=O)n2Cc1ccc(N/C(=N\C#N)NC)cc1OC. The van der Waals surface area contributed by atoms with Crippen LogP contribution in [0.15, 0.2) is 46.2 Å². The van der Waals surface area contributed by atoms with E-state index in [1.54, 1.807) is 20.4 Å². The number of aliphatic imine (C=N–C) groups is 1. The number of hydrogen-bond donors (Lipinski definition) is 2. The average molecular weight is 477 g/mol. The number of imidazole rings is 1. The van der Waals surface area contributed by atoms with Gasteiger partial charge in [-0.3, -0.25) is 9.13 Å². The van der Waals surface area contributed by atoms with Gasteiger partial charge in [0.15, 0.2) is 0 Å². The van der Waals surface area contributed by atoms with Gasteiger partial charge in [-0.1, -0.05) is 25.3 Å². The molecule has 0 amide bonds. The Balaban J connectivity index is 1.74. The van der Waals surface area contributed by atoms with Crippen molar-refractivity contribution in [1.82, 2.24) is 14.5 Å². The zero-order valence-corrected chi connectivity index (χ0v) is 20.5. The van der Waals surface area contributed by atoms with E-state index >= 15 is 0 Å². The molecule has 1 heterocycles. The summed E-state index contributed by atoms with van der Waals surface area (Å²) in [7, 11) is 3.29. The van der Waals surface area contributed by atoms with Gasteiger partial charge in [-0.25, -0.2) is 4.79 Å². The Kier molecular flexibility index (Phi) is 7.60. The summed E-state index contributed by atoms with van der Waals surface area (Å²) in [5.41, 5.74) is 3.37. The third-order valence-electron chi connectivity index (χ3n) is 6.46. The van der Waals surface area contributed by atoms with Crippen molar-refractivity contribution in [2.24, 2.45) is 4.99 Å². The highest BCUT2D eigenvalue weighted by molar-refractivity contribution is 5.94. The average Bonchev–Trinajstić information content (AvgIpc) is 3.15. The van der Waals surface area contributed by atoms with Gasteiger partial charge in [0.2, 0.25) is 12.2 Å². The van der Waals surface area contributed by atoms with Crippen LogP contribution in [-0.4, -0.2) is 35.9 Å². The number of aromatic nitrogens is 2. The van der Waals surface area contributed by atoms with Crippen LogP contribution >= 0.6 is 0 Å². The summed E-state index contributed by atoms with van der Waals surface area (Å²) in [5.74, 6) is 1.74. The fraction of sp³-hybridized carbons (Fsp3) is 0.423. The number of nitrogens with one attached hydrogen (secondary N) is 2. The molecule has 0 radical (unpaired) electrons. The van der Waals surface area contributed by atoms with Crippen LogP contribution in [-0.2, 0) is 6.54 Å². The zero-order valence-electron chi connectivity index (χ0n) is 20.5. The first-order chi connectivity index (χ1) is 17.1. The molecular formula is C26H32N6O3. The molecule has 3 aromatic rings. The summed E-state index contributed by atoms with van der Waals surface area (Å²) in [6.07, 6.45) is 7.29. The number of fused-ring (bicyclic) bond motifs is 1. The second-order valence-corrected chi connectivity index (χ2v) is 8.58. The van der Waals surface area contributed by atoms with Crippen LogP contribution < -0.4 is 25.8 Å². The molecule has 1 fully saturated rings. The maximum atomic E-state index is 13.8. The number of rotatable bonds is 7. The lowest BCUT2D eigenvalue weighted by Gasteiger charge is -2.23. The highest BCUT2D eigenvalue weighted by atomic mass is 16.5. The first-order valence-electron chi connectivity index (χ1n) is 12.1. The number of nitrogens with zero attached hydrogens (tertiary/aromatic N) is 4. The van der Waals surface area contributed by atoms with Crippen molar-refractivity contribution in [3.05, 3.63) is 52.4 Å². The quantitative estimate of drug-likeness (QED) is 0.300. The van der Waals surface area contributed by atoms with Gasteiger partial charge in [-0.2, -0.15) is 5.26 Å². The number of ether oxygens (including phenoxy) is 2. The largest absolute Gasteiger partial charge is 0.496 e. The summed E-state index contributed by atoms with van der Waals surface area (Å²) in [6, 6.07) is 11.7. The van der Waals surface area contributed by atoms with Crippen molar-refractivity contribution in [3.8, 4) is 17.7 Å². The number of anilines is 1. The van der Waals surface area contributed by atoms with Crippen LogP contribution in [0, 0.1) is 11.5 Å². The minimum absolute atomic E-state index is 0.0107. The van der Waals surface area contributed by atoms with E-state index in [-0.39, 0.29) is 11.7 Å². The Bertz CT molecular complexity index is 1310. The van der Waals surface area contributed by atoms with Crippen molar-refractivity contribution in [1.29, 1.82) is 5.26 Å². The molecule has 9 nitrogen and oxygen atoms in total. The molecule has 0 atom stereocenters. The molecule has 1 aromatic heterocycles. The third kappa shape index (κ3) is 5.11. The smallest absolute Gasteiger partial charge is 0.329 e. The summed E-state index contributed by atoms with van der Waals surface area (Å²) < 4.78 is 15.2. The fourth-order valence-electron chi connectivity index (χ4n) is 4.82. The molecule has 2 aromatic carbocycles. The van der Waals surface area contributed by atoms with Gasteiger partial charge in [0, 0.05) is 36.5 Å². The molecule has 1 saturated carbocycles. The molecule has 0 saturated heterocycles. The summed E-state index contributed by atoms with van der Waals surface area (Å²) in [4.78, 5) is 17.5. The highest BCUT2D eigenvalue weighted by Gasteiger charge is 2.23. The topological polar surface area (TPSA) is 106 Å². The standard InChI is InChI=1S/C26H32N6O3/c1-4-35-21-12-13-22-23(15-21)32(20-8-6-5-7-9-20)26(33)31(22)16-18-10-11-19(14-24(18)34-3)30-25(28-2)29-17-27/h10-15,20H,4-9,16H2,1-3H3,(H2,28,29,30). The second kappa shape index (κ2) is 11.0. The molecule has 184 valence electrons. The molecule has 2 N–H and O–H groups in total. The first-order valence-corrected chi connectivity index (χ1v) is 12.1. The summed E-state index contributed by atoms with van der Waals surface area (Å²) in [5, 5.41) is 14.7. The van der Waals surface area contributed by atoms with Crippen LogP contribution in [0.5, 0.6) is 11.5 Å². The van der Waals surface area contributed by atoms with Gasteiger partial charge < -0.3 is 20.1 Å². The van der Waals surface area contributed by atoms with Crippen LogP contribution in [0.4, 0.5) is 5.69 Å². The van der Waals surface area contributed by atoms with Crippen LogP contribution in [0.3, 0.4) is 0 Å². The van der Waals surface area contributed by atoms with Crippen LogP contribution in [0.2, 0.25) is 0 Å². The van der Waals surface area contributed by atoms with Crippen molar-refractivity contribution in [3.63, 3.8) is 0 Å². The number of methoxy groups -OCH3 is 1. The van der Waals surface area contributed by atoms with Gasteiger partial charge in [-0.05, 0) is 38.0 Å². The van der Waals surface area contributed by atoms with Crippen molar-refractivity contribution >= 4 is 22.7 Å². The Morgan fingerprint density at radius 3 is 2.66 bits per heavy atom. The molecule has 4 rings (SSSR count). The van der Waals surface area contributed by atoms with Crippen molar-refractivity contribution in [2.75, 3.05) is 26.1 Å². The monoisotopic (exact) mass is 476 g/mol. The molecule has 0 aliphatic heterocycles. The summed E-state index contributed by atoms with van der Waals surface area (Å²) >= 11 is 0. The third-order valence-corrected chi connectivity index (χ3v) is 6.46. The van der Waals surface area contributed by atoms with E-state index in [9.17, 15) is 4.79 Å². The zero-order chi connectivity index (χ0) is 24.8. The van der Waals surface area contributed by atoms with Gasteiger partial charge in [-0.15, -0.1) is 4.99 Å². The minimum Gasteiger partial charge on any atom is -0.496 e. The highest BCUT2D eigenvalue weighted by Crippen LogP contribution is 2.32. The first kappa shape index (κ1) is 24.2. The normalized spacial score (nSPS) is 14.5. The number of guanidine groups is 1. The van der Waals surface area contributed by atoms with E-state index in [2.05, 4.69) is 15.6 Å². The van der Waals surface area contributed by atoms with Gasteiger partial charge >= 0.3 is 5.69 Å². The van der Waals surface area contributed by atoms with Gasteiger partial charge in [0.25, 0.3) is 0 Å². The Labute approximate surface area is 205 Å². The predicted molar refractivity (Wildman–Crippen MR) is 137 cm³/mol. The lowest BCUT2D eigenvalue weighted by atomic mass is 9.95. The van der Waals surface area contributed by atoms with Crippen LogP contribution in [0.25, 0.3) is 11.0 Å². The lowest BCUT2D eigenvalue weighted by Crippen LogP contribution is -2.29. The molecule has 0 unspecified atom stereocenters. The van der Waals surface area contributed by atoms with E-state index in [4.69, 9.17) is 14.7 Å². The second-order valence-electron chi connectivity index (χ2n) is 8.58. The molecule has 9 heteroatoms. The molecule has 0 bridgehead atoms. The molecule has 35 heavy (non-hydrogen) atoms. The van der Waals surface area contributed by atoms with E-state index in [0.29, 0.717) is 30.5 Å². The molecule has 0 spiro atoms. The van der Waals surface area contributed by atoms with E-state index < -0.39 is 0 Å². The van der Waals surface area contributed by atoms with E-state index in [1.807, 2.05) is 52.5 Å². The number of hydrogen-bond acceptors (Lipinski definition) is 5. The van der Waals surface area contributed by atoms with E-state index in [0.717, 1.165) is 48.0 Å². The number of nitriles is 1. The van der Waals surface area contributed by atoms with Crippen LogP contribution in [0.1, 0.15) is 50.6 Å². The fourth-order valence-corrected chi connectivity index (χ4v) is 4.82. The van der Waals surface area contributed by atoms with Crippen molar-refractivity contribution < 1.29 is 9.47 Å². The maximum Gasteiger partial charge on any atom is 0.329 e. The van der Waals surface area contributed by atoms with E-state index in [1.165, 1.54) is 6.42 Å². The lowest BCUT2D eigenvalue weighted by molar-refractivity contribution is 0.339. The van der Waals surface area contributed by atoms with Gasteiger partial charge in [0.1, 0.15) is 11.5 Å². The Morgan fingerprint density at radius 2 is 1.97 bits per heavy atom.